The van der Waals surface area contributed by atoms with Crippen molar-refractivity contribution in [3.05, 3.63) is 64.3 Å². The zero-order valence-corrected chi connectivity index (χ0v) is 13.2. The van der Waals surface area contributed by atoms with E-state index < -0.39 is 0 Å². The van der Waals surface area contributed by atoms with Gasteiger partial charge in [-0.15, -0.1) is 0 Å². The molecule has 5 heteroatoms. The number of fused-ring (bicyclic) bond motifs is 1. The minimum absolute atomic E-state index is 0.100. The third-order valence-electron chi connectivity index (χ3n) is 4.02. The maximum absolute atomic E-state index is 11.1. The largest absolute Gasteiger partial charge is 0.376 e. The van der Waals surface area contributed by atoms with Crippen molar-refractivity contribution in [3.8, 4) is 11.1 Å². The Morgan fingerprint density at radius 3 is 2.57 bits per heavy atom. The number of aromatic nitrogens is 1. The van der Waals surface area contributed by atoms with Crippen molar-refractivity contribution in [1.82, 2.24) is 4.57 Å². The first-order valence-corrected chi connectivity index (χ1v) is 7.52. The average molecular weight is 310 g/mol. The second kappa shape index (κ2) is 6.22. The number of rotatable bonds is 5. The van der Waals surface area contributed by atoms with Gasteiger partial charge in [-0.3, -0.25) is 10.1 Å². The quantitative estimate of drug-likeness (QED) is 0.522. The highest BCUT2D eigenvalue weighted by Crippen LogP contribution is 2.36. The summed E-state index contributed by atoms with van der Waals surface area (Å²) in [5, 5.41) is 12.0. The van der Waals surface area contributed by atoms with Gasteiger partial charge in [-0.2, -0.15) is 0 Å². The fourth-order valence-corrected chi connectivity index (χ4v) is 2.89. The van der Waals surface area contributed by atoms with E-state index in [1.807, 2.05) is 44.3 Å². The van der Waals surface area contributed by atoms with E-state index in [0.717, 1.165) is 27.7 Å². The van der Waals surface area contributed by atoms with Gasteiger partial charge < -0.3 is 9.30 Å². The molecule has 0 fully saturated rings. The number of nitro groups is 1. The van der Waals surface area contributed by atoms with Gasteiger partial charge in [-0.1, -0.05) is 30.3 Å². The van der Waals surface area contributed by atoms with E-state index in [9.17, 15) is 10.1 Å². The predicted molar refractivity (Wildman–Crippen MR) is 90.3 cm³/mol. The van der Waals surface area contributed by atoms with E-state index in [0.29, 0.717) is 13.2 Å². The van der Waals surface area contributed by atoms with Crippen molar-refractivity contribution in [2.24, 2.45) is 7.05 Å². The molecule has 23 heavy (non-hydrogen) atoms. The Labute approximate surface area is 134 Å². The number of benzene rings is 2. The SMILES string of the molecule is CCOCc1c(-c2ccccc2)c2cc([N+](=O)[O-])ccc2n1C. The van der Waals surface area contributed by atoms with Crippen LogP contribution in [0.5, 0.6) is 0 Å². The third kappa shape index (κ3) is 2.71. The summed E-state index contributed by atoms with van der Waals surface area (Å²) < 4.78 is 7.67. The molecule has 0 unspecified atom stereocenters. The van der Waals surface area contributed by atoms with Crippen LogP contribution in [-0.4, -0.2) is 16.1 Å². The highest BCUT2D eigenvalue weighted by molar-refractivity contribution is 5.99. The van der Waals surface area contributed by atoms with E-state index in [2.05, 4.69) is 4.57 Å². The number of hydrogen-bond donors (Lipinski definition) is 0. The van der Waals surface area contributed by atoms with Crippen LogP contribution in [0, 0.1) is 10.1 Å². The number of ether oxygens (including phenoxy) is 1. The number of nitro benzene ring substituents is 1. The average Bonchev–Trinajstić information content (AvgIpc) is 2.85. The number of nitrogens with zero attached hydrogens (tertiary/aromatic N) is 2. The molecule has 0 aliphatic rings. The molecule has 0 amide bonds. The Hall–Kier alpha value is -2.66. The van der Waals surface area contributed by atoms with Gasteiger partial charge in [0.2, 0.25) is 0 Å². The lowest BCUT2D eigenvalue weighted by Gasteiger charge is -2.08. The highest BCUT2D eigenvalue weighted by Gasteiger charge is 2.19. The van der Waals surface area contributed by atoms with Crippen molar-refractivity contribution >= 4 is 16.6 Å². The van der Waals surface area contributed by atoms with E-state index in [4.69, 9.17) is 4.74 Å². The summed E-state index contributed by atoms with van der Waals surface area (Å²) in [7, 11) is 1.97. The summed E-state index contributed by atoms with van der Waals surface area (Å²) in [4.78, 5) is 10.8. The topological polar surface area (TPSA) is 57.3 Å². The Balaban J connectivity index is 2.31. The van der Waals surface area contributed by atoms with Gasteiger partial charge in [0, 0.05) is 42.3 Å². The van der Waals surface area contributed by atoms with Crippen LogP contribution in [0.4, 0.5) is 5.69 Å². The molecule has 0 atom stereocenters. The number of aryl methyl sites for hydroxylation is 1. The van der Waals surface area contributed by atoms with Gasteiger partial charge in [0.25, 0.3) is 5.69 Å². The van der Waals surface area contributed by atoms with Crippen LogP contribution in [0.25, 0.3) is 22.0 Å². The summed E-state index contributed by atoms with van der Waals surface area (Å²) in [6, 6.07) is 14.9. The first-order valence-electron chi connectivity index (χ1n) is 7.52. The van der Waals surface area contributed by atoms with E-state index in [-0.39, 0.29) is 10.6 Å². The Kier molecular flexibility index (Phi) is 4.12. The first kappa shape index (κ1) is 15.2. The van der Waals surface area contributed by atoms with Crippen molar-refractivity contribution in [2.45, 2.75) is 13.5 Å². The molecule has 0 radical (unpaired) electrons. The molecule has 2 aromatic carbocycles. The summed E-state index contributed by atoms with van der Waals surface area (Å²) in [5.41, 5.74) is 4.12. The molecule has 0 saturated heterocycles. The second-order valence-corrected chi connectivity index (χ2v) is 5.34. The molecule has 0 N–H and O–H groups in total. The molecule has 1 heterocycles. The van der Waals surface area contributed by atoms with Crippen LogP contribution in [0.3, 0.4) is 0 Å². The minimum Gasteiger partial charge on any atom is -0.376 e. The third-order valence-corrected chi connectivity index (χ3v) is 4.02. The molecule has 0 aliphatic heterocycles. The molecule has 0 spiro atoms. The van der Waals surface area contributed by atoms with E-state index in [1.54, 1.807) is 18.2 Å². The van der Waals surface area contributed by atoms with Crippen LogP contribution in [0.1, 0.15) is 12.6 Å². The molecule has 5 nitrogen and oxygen atoms in total. The fourth-order valence-electron chi connectivity index (χ4n) is 2.89. The lowest BCUT2D eigenvalue weighted by Crippen LogP contribution is -2.01. The monoisotopic (exact) mass is 310 g/mol. The molecule has 1 aromatic heterocycles. The maximum atomic E-state index is 11.1. The molecule has 3 rings (SSSR count). The Morgan fingerprint density at radius 1 is 1.17 bits per heavy atom. The lowest BCUT2D eigenvalue weighted by atomic mass is 10.0. The van der Waals surface area contributed by atoms with Gasteiger partial charge in [0.1, 0.15) is 0 Å². The van der Waals surface area contributed by atoms with Crippen molar-refractivity contribution in [3.63, 3.8) is 0 Å². The van der Waals surface area contributed by atoms with Crippen molar-refractivity contribution < 1.29 is 9.66 Å². The number of hydrogen-bond acceptors (Lipinski definition) is 3. The molecule has 0 bridgehead atoms. The van der Waals surface area contributed by atoms with Crippen LogP contribution in [0.2, 0.25) is 0 Å². The predicted octanol–water partition coefficient (Wildman–Crippen LogP) is 4.29. The smallest absolute Gasteiger partial charge is 0.270 e. The van der Waals surface area contributed by atoms with Crippen LogP contribution in [-0.2, 0) is 18.4 Å². The van der Waals surface area contributed by atoms with Crippen molar-refractivity contribution in [2.75, 3.05) is 6.61 Å². The zero-order valence-electron chi connectivity index (χ0n) is 13.2. The molecule has 118 valence electrons. The van der Waals surface area contributed by atoms with Crippen LogP contribution >= 0.6 is 0 Å². The van der Waals surface area contributed by atoms with Crippen LogP contribution in [0.15, 0.2) is 48.5 Å². The number of non-ortho nitro benzene ring substituents is 1. The van der Waals surface area contributed by atoms with Gasteiger partial charge in [0.05, 0.1) is 17.2 Å². The zero-order chi connectivity index (χ0) is 16.4. The second-order valence-electron chi connectivity index (χ2n) is 5.34. The summed E-state index contributed by atoms with van der Waals surface area (Å²) in [5.74, 6) is 0. The summed E-state index contributed by atoms with van der Waals surface area (Å²) in [6.07, 6.45) is 0. The van der Waals surface area contributed by atoms with E-state index >= 15 is 0 Å². The van der Waals surface area contributed by atoms with Gasteiger partial charge in [-0.05, 0) is 18.6 Å². The fraction of sp³-hybridized carbons (Fsp3) is 0.222. The Bertz CT molecular complexity index is 854. The maximum Gasteiger partial charge on any atom is 0.270 e. The van der Waals surface area contributed by atoms with Gasteiger partial charge in [-0.25, -0.2) is 0 Å². The van der Waals surface area contributed by atoms with E-state index in [1.165, 1.54) is 0 Å². The molecule has 0 saturated carbocycles. The summed E-state index contributed by atoms with van der Waals surface area (Å²) >= 11 is 0. The summed E-state index contributed by atoms with van der Waals surface area (Å²) in [6.45, 7) is 3.05. The molecule has 3 aromatic rings. The van der Waals surface area contributed by atoms with Crippen molar-refractivity contribution in [1.29, 1.82) is 0 Å². The molecule has 0 aliphatic carbocycles. The minimum atomic E-state index is -0.358. The highest BCUT2D eigenvalue weighted by atomic mass is 16.6. The molecular formula is C18H18N2O3. The molecular weight excluding hydrogens is 292 g/mol. The van der Waals surface area contributed by atoms with Gasteiger partial charge in [0.15, 0.2) is 0 Å². The van der Waals surface area contributed by atoms with Crippen LogP contribution < -0.4 is 0 Å². The Morgan fingerprint density at radius 2 is 1.91 bits per heavy atom. The standard InChI is InChI=1S/C18H18N2O3/c1-3-23-12-17-18(13-7-5-4-6-8-13)15-11-14(20(21)22)9-10-16(15)19(17)2/h4-11H,3,12H2,1-2H3. The lowest BCUT2D eigenvalue weighted by molar-refractivity contribution is -0.384. The normalized spacial score (nSPS) is 11.0. The first-order chi connectivity index (χ1) is 11.1. The van der Waals surface area contributed by atoms with Gasteiger partial charge >= 0.3 is 0 Å².